The summed E-state index contributed by atoms with van der Waals surface area (Å²) in [7, 11) is 3.86. The van der Waals surface area contributed by atoms with E-state index in [1.54, 1.807) is 0 Å². The van der Waals surface area contributed by atoms with Crippen LogP contribution in [0, 0.1) is 12.7 Å². The monoisotopic (exact) mass is 532 g/mol. The zero-order valence-corrected chi connectivity index (χ0v) is 20.4. The van der Waals surface area contributed by atoms with Crippen molar-refractivity contribution in [3.63, 3.8) is 0 Å². The lowest BCUT2D eigenvalue weighted by Crippen LogP contribution is -2.11. The molecule has 10 nitrogen and oxygen atoms in total. The van der Waals surface area contributed by atoms with Gasteiger partial charge in [0, 0.05) is 47.0 Å². The number of rotatable bonds is 7. The molecule has 0 aliphatic heterocycles. The number of carbonyl (C=O) groups is 1. The van der Waals surface area contributed by atoms with Crippen LogP contribution in [0.5, 0.6) is 11.6 Å². The molecule has 0 saturated heterocycles. The number of anilines is 2. The SMILES string of the molecule is COC(=O)c1cc(-c2cnc(Nc3cc(F)cc(OC)c3)nc2-n2nc(C(F)(F)F)cc2C)cnc1OC. The average Bonchev–Trinajstić information content (AvgIpc) is 3.29. The van der Waals surface area contributed by atoms with Gasteiger partial charge in [-0.2, -0.15) is 23.3 Å². The molecule has 4 aromatic rings. The van der Waals surface area contributed by atoms with E-state index in [-0.39, 0.29) is 51.5 Å². The van der Waals surface area contributed by atoms with Gasteiger partial charge in [0.1, 0.15) is 17.1 Å². The number of carbonyl (C=O) groups excluding carboxylic acids is 1. The Morgan fingerprint density at radius 3 is 2.39 bits per heavy atom. The number of hydrogen-bond donors (Lipinski definition) is 1. The van der Waals surface area contributed by atoms with E-state index in [4.69, 9.17) is 14.2 Å². The zero-order chi connectivity index (χ0) is 27.6. The minimum Gasteiger partial charge on any atom is -0.497 e. The van der Waals surface area contributed by atoms with E-state index in [9.17, 15) is 22.4 Å². The fraction of sp³-hybridized carbons (Fsp3) is 0.208. The molecule has 0 unspecified atom stereocenters. The van der Waals surface area contributed by atoms with Crippen molar-refractivity contribution in [2.45, 2.75) is 13.1 Å². The van der Waals surface area contributed by atoms with Gasteiger partial charge in [-0.1, -0.05) is 0 Å². The van der Waals surface area contributed by atoms with Crippen molar-refractivity contribution in [2.75, 3.05) is 26.6 Å². The fourth-order valence-electron chi connectivity index (χ4n) is 3.53. The summed E-state index contributed by atoms with van der Waals surface area (Å²) in [6.45, 7) is 1.42. The van der Waals surface area contributed by atoms with Crippen molar-refractivity contribution in [1.82, 2.24) is 24.7 Å². The predicted octanol–water partition coefficient (Wildman–Crippen LogP) is 4.74. The third-order valence-corrected chi connectivity index (χ3v) is 5.27. The maximum Gasteiger partial charge on any atom is 0.435 e. The molecule has 0 aliphatic rings. The minimum absolute atomic E-state index is 0.0176. The highest BCUT2D eigenvalue weighted by Gasteiger charge is 2.35. The predicted molar refractivity (Wildman–Crippen MR) is 126 cm³/mol. The smallest absolute Gasteiger partial charge is 0.435 e. The third kappa shape index (κ3) is 5.33. The maximum absolute atomic E-state index is 14.0. The van der Waals surface area contributed by atoms with Crippen molar-refractivity contribution >= 4 is 17.6 Å². The van der Waals surface area contributed by atoms with Gasteiger partial charge in [0.05, 0.1) is 21.3 Å². The summed E-state index contributed by atoms with van der Waals surface area (Å²) in [6, 6.07) is 6.06. The molecule has 0 saturated carbocycles. The van der Waals surface area contributed by atoms with Gasteiger partial charge >= 0.3 is 12.1 Å². The number of esters is 1. The number of hydrogen-bond acceptors (Lipinski definition) is 9. The fourth-order valence-corrected chi connectivity index (χ4v) is 3.53. The first-order valence-corrected chi connectivity index (χ1v) is 10.8. The number of halogens is 4. The number of nitrogens with zero attached hydrogens (tertiary/aromatic N) is 5. The Kier molecular flexibility index (Phi) is 7.15. The second kappa shape index (κ2) is 10.3. The molecule has 0 spiro atoms. The second-order valence-electron chi connectivity index (χ2n) is 7.79. The van der Waals surface area contributed by atoms with Crippen LogP contribution in [-0.4, -0.2) is 52.0 Å². The Balaban J connectivity index is 1.89. The van der Waals surface area contributed by atoms with Crippen LogP contribution < -0.4 is 14.8 Å². The Hall–Kier alpha value is -4.75. The van der Waals surface area contributed by atoms with Crippen LogP contribution in [-0.2, 0) is 10.9 Å². The summed E-state index contributed by atoms with van der Waals surface area (Å²) in [5, 5.41) is 6.50. The van der Waals surface area contributed by atoms with E-state index < -0.39 is 23.7 Å². The first-order chi connectivity index (χ1) is 18.0. The van der Waals surface area contributed by atoms with Gasteiger partial charge in [-0.3, -0.25) is 0 Å². The molecule has 1 N–H and O–H groups in total. The number of aryl methyl sites for hydroxylation is 1. The molecule has 0 fully saturated rings. The van der Waals surface area contributed by atoms with Crippen LogP contribution >= 0.6 is 0 Å². The van der Waals surface area contributed by atoms with Gasteiger partial charge in [-0.25, -0.2) is 23.8 Å². The molecule has 0 aliphatic carbocycles. The molecule has 0 amide bonds. The van der Waals surface area contributed by atoms with E-state index in [1.807, 2.05) is 0 Å². The minimum atomic E-state index is -4.71. The first-order valence-electron chi connectivity index (χ1n) is 10.8. The van der Waals surface area contributed by atoms with E-state index in [2.05, 4.69) is 25.4 Å². The normalized spacial score (nSPS) is 11.3. The largest absolute Gasteiger partial charge is 0.497 e. The quantitative estimate of drug-likeness (QED) is 0.266. The van der Waals surface area contributed by atoms with Crippen LogP contribution in [0.25, 0.3) is 16.9 Å². The van der Waals surface area contributed by atoms with Crippen LogP contribution in [0.3, 0.4) is 0 Å². The summed E-state index contributed by atoms with van der Waals surface area (Å²) in [4.78, 5) is 25.0. The third-order valence-electron chi connectivity index (χ3n) is 5.27. The number of alkyl halides is 3. The number of methoxy groups -OCH3 is 3. The van der Waals surface area contributed by atoms with E-state index >= 15 is 0 Å². The van der Waals surface area contributed by atoms with Crippen LogP contribution in [0.2, 0.25) is 0 Å². The lowest BCUT2D eigenvalue weighted by Gasteiger charge is -2.14. The van der Waals surface area contributed by atoms with Crippen molar-refractivity contribution in [1.29, 1.82) is 0 Å². The Bertz CT molecular complexity index is 1510. The standard InChI is InChI=1S/C24H20F4N6O4/c1-12-5-19(24(26,27)28)33-34(12)20-18(13-6-17(22(35)38-4)21(37-3)29-10-13)11-30-23(32-20)31-15-7-14(25)8-16(9-15)36-2/h5-11H,1-4H3,(H,30,31,32). The molecular formula is C24H20F4N6O4. The number of ether oxygens (including phenoxy) is 3. The summed E-state index contributed by atoms with van der Waals surface area (Å²) in [6.07, 6.45) is -2.07. The van der Waals surface area contributed by atoms with Gasteiger partial charge < -0.3 is 19.5 Å². The highest BCUT2D eigenvalue weighted by molar-refractivity contribution is 5.93. The topological polar surface area (TPSA) is 113 Å². The summed E-state index contributed by atoms with van der Waals surface area (Å²) in [5.74, 6) is -1.28. The molecule has 0 atom stereocenters. The molecule has 1 aromatic carbocycles. The second-order valence-corrected chi connectivity index (χ2v) is 7.79. The van der Waals surface area contributed by atoms with E-state index in [0.717, 1.165) is 16.8 Å². The van der Waals surface area contributed by atoms with Crippen molar-refractivity contribution in [3.8, 4) is 28.6 Å². The molecular weight excluding hydrogens is 512 g/mol. The van der Waals surface area contributed by atoms with Crippen LogP contribution in [0.1, 0.15) is 21.7 Å². The maximum atomic E-state index is 14.0. The summed E-state index contributed by atoms with van der Waals surface area (Å²) >= 11 is 0. The number of pyridine rings is 1. The molecule has 198 valence electrons. The molecule has 3 aromatic heterocycles. The number of benzene rings is 1. The van der Waals surface area contributed by atoms with Crippen LogP contribution in [0.15, 0.2) is 42.7 Å². The Labute approximate surface area is 213 Å². The number of nitrogens with one attached hydrogen (secondary N) is 1. The molecule has 3 heterocycles. The van der Waals surface area contributed by atoms with E-state index in [1.165, 1.54) is 58.8 Å². The summed E-state index contributed by atoms with van der Waals surface area (Å²) < 4.78 is 70.2. The van der Waals surface area contributed by atoms with Gasteiger partial charge in [0.2, 0.25) is 11.8 Å². The molecule has 4 rings (SSSR count). The van der Waals surface area contributed by atoms with E-state index in [0.29, 0.717) is 0 Å². The number of aromatic nitrogens is 5. The molecule has 14 heteroatoms. The van der Waals surface area contributed by atoms with Gasteiger partial charge in [0.25, 0.3) is 0 Å². The first kappa shape index (κ1) is 26.3. The van der Waals surface area contributed by atoms with Crippen molar-refractivity contribution in [3.05, 3.63) is 65.5 Å². The van der Waals surface area contributed by atoms with Gasteiger partial charge in [0.15, 0.2) is 11.5 Å². The van der Waals surface area contributed by atoms with Crippen molar-refractivity contribution in [2.24, 2.45) is 0 Å². The molecule has 38 heavy (non-hydrogen) atoms. The van der Waals surface area contributed by atoms with Gasteiger partial charge in [-0.05, 0) is 25.1 Å². The lowest BCUT2D eigenvalue weighted by molar-refractivity contribution is -0.141. The van der Waals surface area contributed by atoms with Crippen LogP contribution in [0.4, 0.5) is 29.2 Å². The zero-order valence-electron chi connectivity index (χ0n) is 20.4. The summed E-state index contributed by atoms with van der Waals surface area (Å²) in [5.41, 5.74) is -0.359. The van der Waals surface area contributed by atoms with Gasteiger partial charge in [-0.15, -0.1) is 0 Å². The molecule has 0 bridgehead atoms. The Morgan fingerprint density at radius 1 is 1.00 bits per heavy atom. The average molecular weight is 532 g/mol. The Morgan fingerprint density at radius 2 is 1.76 bits per heavy atom. The highest BCUT2D eigenvalue weighted by atomic mass is 19.4. The van der Waals surface area contributed by atoms with Crippen molar-refractivity contribution < 1.29 is 36.6 Å². The molecule has 0 radical (unpaired) electrons. The highest BCUT2D eigenvalue weighted by Crippen LogP contribution is 2.33. The lowest BCUT2D eigenvalue weighted by atomic mass is 10.1.